The summed E-state index contributed by atoms with van der Waals surface area (Å²) in [5.41, 5.74) is 0.675. The van der Waals surface area contributed by atoms with Crippen molar-refractivity contribution in [3.05, 3.63) is 29.8 Å². The van der Waals surface area contributed by atoms with E-state index in [2.05, 4.69) is 10.1 Å². The summed E-state index contributed by atoms with van der Waals surface area (Å²) < 4.78 is 44.8. The molecule has 3 nitrogen and oxygen atoms in total. The van der Waals surface area contributed by atoms with E-state index in [1.165, 1.54) is 12.1 Å². The van der Waals surface area contributed by atoms with Crippen LogP contribution < -0.4 is 10.1 Å². The summed E-state index contributed by atoms with van der Waals surface area (Å²) in [5.74, 6) is -0.215. The maximum absolute atomic E-state index is 12.0. The molecule has 1 N–H and O–H groups in total. The highest BCUT2D eigenvalue weighted by Crippen LogP contribution is 2.22. The highest BCUT2D eigenvalue weighted by atomic mass is 19.4. The molecule has 0 spiro atoms. The summed E-state index contributed by atoms with van der Waals surface area (Å²) in [6, 6.07) is 5.79. The Morgan fingerprint density at radius 3 is 2.16 bits per heavy atom. The van der Waals surface area contributed by atoms with Crippen molar-refractivity contribution in [3.8, 4) is 5.75 Å². The monoisotopic (exact) mass is 277 g/mol. The summed E-state index contributed by atoms with van der Waals surface area (Å²) in [6.07, 6.45) is -4.65. The van der Waals surface area contributed by atoms with Gasteiger partial charge in [0, 0.05) is 19.2 Å². The predicted octanol–water partition coefficient (Wildman–Crippen LogP) is 3.10. The minimum absolute atomic E-state index is 0.199. The quantitative estimate of drug-likeness (QED) is 0.866. The van der Waals surface area contributed by atoms with Gasteiger partial charge in [0.2, 0.25) is 0 Å². The predicted molar refractivity (Wildman–Crippen MR) is 65.9 cm³/mol. The zero-order valence-corrected chi connectivity index (χ0v) is 11.2. The Hall–Kier alpha value is -1.27. The first-order valence-electron chi connectivity index (χ1n) is 5.80. The fourth-order valence-corrected chi connectivity index (χ4v) is 1.56. The van der Waals surface area contributed by atoms with E-state index in [0.29, 0.717) is 13.2 Å². The average molecular weight is 277 g/mol. The molecule has 0 radical (unpaired) electrons. The third-order valence-electron chi connectivity index (χ3n) is 2.43. The Kier molecular flexibility index (Phi) is 5.20. The second kappa shape index (κ2) is 6.25. The molecule has 108 valence electrons. The third kappa shape index (κ3) is 6.45. The largest absolute Gasteiger partial charge is 0.573 e. The van der Waals surface area contributed by atoms with Gasteiger partial charge in [0.25, 0.3) is 0 Å². The molecule has 1 aromatic rings. The van der Waals surface area contributed by atoms with Gasteiger partial charge in [-0.3, -0.25) is 0 Å². The number of benzene rings is 1. The van der Waals surface area contributed by atoms with E-state index in [-0.39, 0.29) is 11.3 Å². The van der Waals surface area contributed by atoms with Crippen molar-refractivity contribution < 1.29 is 22.6 Å². The maximum atomic E-state index is 12.0. The lowest BCUT2D eigenvalue weighted by atomic mass is 10.1. The fourth-order valence-electron chi connectivity index (χ4n) is 1.56. The van der Waals surface area contributed by atoms with Crippen LogP contribution >= 0.6 is 0 Å². The zero-order valence-electron chi connectivity index (χ0n) is 11.2. The van der Waals surface area contributed by atoms with Gasteiger partial charge in [-0.25, -0.2) is 0 Å². The van der Waals surface area contributed by atoms with Crippen molar-refractivity contribution in [1.82, 2.24) is 5.32 Å². The summed E-state index contributed by atoms with van der Waals surface area (Å²) in [7, 11) is 1.62. The van der Waals surface area contributed by atoms with E-state index < -0.39 is 6.36 Å². The molecule has 0 aromatic heterocycles. The molecule has 0 amide bonds. The van der Waals surface area contributed by atoms with Gasteiger partial charge < -0.3 is 14.8 Å². The maximum Gasteiger partial charge on any atom is 0.573 e. The minimum atomic E-state index is -4.65. The number of halogens is 3. The van der Waals surface area contributed by atoms with Crippen LogP contribution in [0.25, 0.3) is 0 Å². The van der Waals surface area contributed by atoms with E-state index in [9.17, 15) is 13.2 Å². The van der Waals surface area contributed by atoms with Crippen LogP contribution in [0.1, 0.15) is 19.4 Å². The topological polar surface area (TPSA) is 30.5 Å². The Morgan fingerprint density at radius 1 is 1.11 bits per heavy atom. The second-order valence-corrected chi connectivity index (χ2v) is 4.86. The first-order chi connectivity index (χ1) is 8.72. The van der Waals surface area contributed by atoms with Crippen LogP contribution in [0.2, 0.25) is 0 Å². The van der Waals surface area contributed by atoms with Gasteiger partial charge >= 0.3 is 6.36 Å². The van der Waals surface area contributed by atoms with Crippen molar-refractivity contribution in [2.75, 3.05) is 13.7 Å². The fraction of sp³-hybridized carbons (Fsp3) is 0.538. The molecule has 6 heteroatoms. The number of hydrogen-bond acceptors (Lipinski definition) is 3. The van der Waals surface area contributed by atoms with Gasteiger partial charge in [-0.1, -0.05) is 12.1 Å². The molecule has 0 saturated carbocycles. The van der Waals surface area contributed by atoms with Gasteiger partial charge in [-0.05, 0) is 31.5 Å². The van der Waals surface area contributed by atoms with E-state index >= 15 is 0 Å². The lowest BCUT2D eigenvalue weighted by molar-refractivity contribution is -0.274. The van der Waals surface area contributed by atoms with E-state index in [0.717, 1.165) is 5.56 Å². The van der Waals surface area contributed by atoms with Gasteiger partial charge in [0.1, 0.15) is 5.75 Å². The molecule has 0 heterocycles. The van der Waals surface area contributed by atoms with Gasteiger partial charge in [-0.15, -0.1) is 13.2 Å². The molecule has 19 heavy (non-hydrogen) atoms. The summed E-state index contributed by atoms with van der Waals surface area (Å²) in [5, 5.41) is 3.26. The van der Waals surface area contributed by atoms with Crippen molar-refractivity contribution in [2.45, 2.75) is 32.3 Å². The highest BCUT2D eigenvalue weighted by molar-refractivity contribution is 5.27. The first kappa shape index (κ1) is 15.8. The van der Waals surface area contributed by atoms with Crippen LogP contribution in [0.5, 0.6) is 5.75 Å². The van der Waals surface area contributed by atoms with E-state index in [4.69, 9.17) is 4.74 Å². The molecule has 0 aliphatic rings. The van der Waals surface area contributed by atoms with E-state index in [1.54, 1.807) is 19.2 Å². The minimum Gasteiger partial charge on any atom is -0.406 e. The highest BCUT2D eigenvalue weighted by Gasteiger charge is 2.30. The molecule has 1 rings (SSSR count). The molecule has 0 saturated heterocycles. The van der Waals surface area contributed by atoms with Crippen LogP contribution in [0, 0.1) is 0 Å². The van der Waals surface area contributed by atoms with Gasteiger partial charge in [0.05, 0.1) is 6.61 Å². The van der Waals surface area contributed by atoms with Crippen LogP contribution in [-0.2, 0) is 11.3 Å². The Bertz CT molecular complexity index is 388. The van der Waals surface area contributed by atoms with Crippen molar-refractivity contribution in [2.24, 2.45) is 0 Å². The summed E-state index contributed by atoms with van der Waals surface area (Å²) >= 11 is 0. The number of hydrogen-bond donors (Lipinski definition) is 1. The van der Waals surface area contributed by atoms with Crippen molar-refractivity contribution in [3.63, 3.8) is 0 Å². The number of alkyl halides is 3. The van der Waals surface area contributed by atoms with Crippen molar-refractivity contribution in [1.29, 1.82) is 0 Å². The standard InChI is InChI=1S/C13H18F3NO2/c1-12(2,9-18-3)17-8-10-4-6-11(7-5-10)19-13(14,15)16/h4-7,17H,8-9H2,1-3H3. The normalized spacial score (nSPS) is 12.5. The Balaban J connectivity index is 2.53. The van der Waals surface area contributed by atoms with Gasteiger partial charge in [0.15, 0.2) is 0 Å². The lowest BCUT2D eigenvalue weighted by Crippen LogP contribution is -2.42. The molecule has 0 atom stereocenters. The molecule has 0 aliphatic carbocycles. The molecule has 0 unspecified atom stereocenters. The molecular formula is C13H18F3NO2. The Labute approximate surface area is 110 Å². The number of nitrogens with one attached hydrogen (secondary N) is 1. The van der Waals surface area contributed by atoms with Crippen LogP contribution in [0.3, 0.4) is 0 Å². The van der Waals surface area contributed by atoms with Gasteiger partial charge in [-0.2, -0.15) is 0 Å². The number of methoxy groups -OCH3 is 1. The Morgan fingerprint density at radius 2 is 1.68 bits per heavy atom. The lowest BCUT2D eigenvalue weighted by Gasteiger charge is -2.25. The third-order valence-corrected chi connectivity index (χ3v) is 2.43. The summed E-state index contributed by atoms with van der Waals surface area (Å²) in [6.45, 7) is 5.06. The molecule has 0 aliphatic heterocycles. The SMILES string of the molecule is COCC(C)(C)NCc1ccc(OC(F)(F)F)cc1. The molecular weight excluding hydrogens is 259 g/mol. The van der Waals surface area contributed by atoms with E-state index in [1.807, 2.05) is 13.8 Å². The van der Waals surface area contributed by atoms with Crippen LogP contribution in [0.4, 0.5) is 13.2 Å². The first-order valence-corrected chi connectivity index (χ1v) is 5.80. The average Bonchev–Trinajstić information content (AvgIpc) is 2.26. The molecule has 0 fully saturated rings. The molecule has 1 aromatic carbocycles. The second-order valence-electron chi connectivity index (χ2n) is 4.86. The summed E-state index contributed by atoms with van der Waals surface area (Å²) in [4.78, 5) is 0. The number of ether oxygens (including phenoxy) is 2. The van der Waals surface area contributed by atoms with Crippen LogP contribution in [-0.4, -0.2) is 25.6 Å². The zero-order chi connectivity index (χ0) is 14.5. The number of rotatable bonds is 6. The van der Waals surface area contributed by atoms with Crippen molar-refractivity contribution >= 4 is 0 Å². The smallest absolute Gasteiger partial charge is 0.406 e. The molecule has 0 bridgehead atoms. The van der Waals surface area contributed by atoms with Crippen LogP contribution in [0.15, 0.2) is 24.3 Å².